The number of imidazole rings is 1. The number of benzene rings is 1. The highest BCUT2D eigenvalue weighted by molar-refractivity contribution is 7.57. The van der Waals surface area contributed by atoms with E-state index in [9.17, 15) is 13.8 Å². The molecule has 3 heterocycles. The number of rotatable bonds is 10. The van der Waals surface area contributed by atoms with E-state index in [0.717, 1.165) is 6.08 Å². The zero-order valence-corrected chi connectivity index (χ0v) is 19.9. The van der Waals surface area contributed by atoms with E-state index in [1.54, 1.807) is 43.3 Å². The average Bonchev–Trinajstić information content (AvgIpc) is 3.42. The number of carbonyl (C=O) groups is 1. The van der Waals surface area contributed by atoms with Gasteiger partial charge in [-0.2, -0.15) is 0 Å². The third kappa shape index (κ3) is 5.68. The Kier molecular flexibility index (Phi) is 7.46. The molecule has 4 rings (SSSR count). The number of anilines is 1. The van der Waals surface area contributed by atoms with E-state index in [0.29, 0.717) is 22.6 Å². The lowest BCUT2D eigenvalue weighted by Gasteiger charge is -2.24. The van der Waals surface area contributed by atoms with E-state index in [2.05, 4.69) is 15.1 Å². The number of para-hydroxylation sites is 1. The first-order valence-electron chi connectivity index (χ1n) is 10.8. The summed E-state index contributed by atoms with van der Waals surface area (Å²) in [5.74, 6) is -0.958. The van der Waals surface area contributed by atoms with Gasteiger partial charge in [0, 0.05) is 12.3 Å². The molecule has 11 nitrogen and oxygen atoms in total. The van der Waals surface area contributed by atoms with Crippen LogP contribution in [0.4, 0.5) is 10.1 Å². The quantitative estimate of drug-likeness (QED) is 0.311. The van der Waals surface area contributed by atoms with Crippen molar-refractivity contribution in [1.82, 2.24) is 19.6 Å². The van der Waals surface area contributed by atoms with Crippen molar-refractivity contribution < 1.29 is 32.5 Å². The number of nitrogen functional groups attached to an aromatic ring is 1. The molecule has 1 aliphatic rings. The Morgan fingerprint density at radius 3 is 2.83 bits per heavy atom. The molecule has 35 heavy (non-hydrogen) atoms. The fourth-order valence-corrected chi connectivity index (χ4v) is 5.06. The van der Waals surface area contributed by atoms with Crippen LogP contribution in [0.15, 0.2) is 60.8 Å². The maximum absolute atomic E-state index is 14.8. The van der Waals surface area contributed by atoms with E-state index in [4.69, 9.17) is 24.5 Å². The number of nitrogens with zero attached hydrogens (tertiary/aromatic N) is 3. The molecule has 0 saturated carbocycles. The van der Waals surface area contributed by atoms with Gasteiger partial charge in [-0.25, -0.2) is 19.4 Å². The molecule has 1 aromatic carbocycles. The minimum Gasteiger partial charge on any atom is -0.465 e. The Morgan fingerprint density at radius 2 is 2.09 bits per heavy atom. The second kappa shape index (κ2) is 10.5. The van der Waals surface area contributed by atoms with Gasteiger partial charge in [0.1, 0.15) is 17.3 Å². The molecule has 0 saturated heterocycles. The summed E-state index contributed by atoms with van der Waals surface area (Å²) < 4.78 is 51.6. The van der Waals surface area contributed by atoms with Crippen molar-refractivity contribution in [2.75, 3.05) is 18.7 Å². The molecule has 3 aromatic rings. The number of fused-ring (bicyclic) bond motifs is 1. The summed E-state index contributed by atoms with van der Waals surface area (Å²) in [6.07, 6.45) is 1.03. The van der Waals surface area contributed by atoms with Crippen molar-refractivity contribution in [3.8, 4) is 5.75 Å². The van der Waals surface area contributed by atoms with Gasteiger partial charge in [-0.15, -0.1) is 0 Å². The Hall–Kier alpha value is -3.31. The van der Waals surface area contributed by atoms with Crippen LogP contribution in [0.2, 0.25) is 0 Å². The molecule has 0 aliphatic carbocycles. The number of esters is 1. The zero-order valence-electron chi connectivity index (χ0n) is 19.0. The molecule has 2 aromatic heterocycles. The van der Waals surface area contributed by atoms with Crippen LogP contribution in [0.25, 0.3) is 11.2 Å². The summed E-state index contributed by atoms with van der Waals surface area (Å²) in [6, 6.07) is 9.02. The second-order valence-corrected chi connectivity index (χ2v) is 9.65. The van der Waals surface area contributed by atoms with Crippen molar-refractivity contribution in [3.63, 3.8) is 0 Å². The fraction of sp³-hybridized carbons (Fsp3) is 0.318. The molecule has 186 valence electrons. The summed E-state index contributed by atoms with van der Waals surface area (Å²) in [7, 11) is -3.83. The molecule has 0 fully saturated rings. The van der Waals surface area contributed by atoms with Crippen LogP contribution in [0.1, 0.15) is 20.1 Å². The van der Waals surface area contributed by atoms with Gasteiger partial charge in [0.15, 0.2) is 30.3 Å². The molecular formula is C22H25FN5O6P. The smallest absolute Gasteiger partial charge is 0.342 e. The van der Waals surface area contributed by atoms with Gasteiger partial charge in [0.2, 0.25) is 0 Å². The SMILES string of the molecule is CCOC(=O)[C@H](C)N[P@](=O)(CO[C@@H]1C=C(F)[C@H](n2cnc3c(N)ccnc32)O1)Oc1ccccc1. The maximum atomic E-state index is 14.8. The van der Waals surface area contributed by atoms with Crippen molar-refractivity contribution in [2.24, 2.45) is 0 Å². The van der Waals surface area contributed by atoms with Gasteiger partial charge in [-0.05, 0) is 32.0 Å². The lowest BCUT2D eigenvalue weighted by molar-refractivity contribution is -0.144. The van der Waals surface area contributed by atoms with Crippen LogP contribution in [-0.4, -0.2) is 45.8 Å². The summed E-state index contributed by atoms with van der Waals surface area (Å²) in [5.41, 5.74) is 7.03. The summed E-state index contributed by atoms with van der Waals surface area (Å²) in [5, 5.41) is 2.66. The number of nitrogens with one attached hydrogen (secondary N) is 1. The minimum absolute atomic E-state index is 0.163. The standard InChI is InChI=1S/C22H25FN5O6P/c1-3-31-22(29)14(2)27-35(30,34-15-7-5-4-6-8-15)13-32-18-11-16(23)21(33-18)28-12-26-19-17(24)9-10-25-20(19)28/h4-12,14,18,21H,3,13H2,1-2H3,(H2,24,25)(H,27,30)/t14-,18-,21+,35-/m0/s1. The van der Waals surface area contributed by atoms with Gasteiger partial charge in [0.25, 0.3) is 0 Å². The normalized spacial score (nSPS) is 20.3. The summed E-state index contributed by atoms with van der Waals surface area (Å²) >= 11 is 0. The van der Waals surface area contributed by atoms with Crippen LogP contribution in [0.5, 0.6) is 5.75 Å². The number of aromatic nitrogens is 3. The largest absolute Gasteiger partial charge is 0.465 e. The van der Waals surface area contributed by atoms with E-state index < -0.39 is 44.2 Å². The third-order valence-electron chi connectivity index (χ3n) is 4.97. The average molecular weight is 505 g/mol. The van der Waals surface area contributed by atoms with Crippen molar-refractivity contribution in [2.45, 2.75) is 32.4 Å². The van der Waals surface area contributed by atoms with Crippen LogP contribution >= 0.6 is 7.52 Å². The number of hydrogen-bond acceptors (Lipinski definition) is 9. The summed E-state index contributed by atoms with van der Waals surface area (Å²) in [6.45, 7) is 3.31. The van der Waals surface area contributed by atoms with Crippen LogP contribution in [0, 0.1) is 0 Å². The molecular weight excluding hydrogens is 480 g/mol. The Labute approximate surface area is 200 Å². The Morgan fingerprint density at radius 1 is 1.31 bits per heavy atom. The predicted molar refractivity (Wildman–Crippen MR) is 125 cm³/mol. The van der Waals surface area contributed by atoms with Crippen molar-refractivity contribution in [3.05, 3.63) is 60.8 Å². The second-order valence-electron chi connectivity index (χ2n) is 7.61. The Bertz CT molecular complexity index is 1270. The number of nitrogens with two attached hydrogens (primary N) is 1. The maximum Gasteiger partial charge on any atom is 0.342 e. The van der Waals surface area contributed by atoms with Gasteiger partial charge < -0.3 is 24.5 Å². The molecule has 3 N–H and O–H groups in total. The van der Waals surface area contributed by atoms with Crippen LogP contribution in [-0.2, 0) is 23.6 Å². The highest BCUT2D eigenvalue weighted by Crippen LogP contribution is 2.45. The van der Waals surface area contributed by atoms with Crippen LogP contribution in [0.3, 0.4) is 0 Å². The molecule has 0 unspecified atom stereocenters. The van der Waals surface area contributed by atoms with Gasteiger partial charge >= 0.3 is 13.5 Å². The molecule has 0 spiro atoms. The van der Waals surface area contributed by atoms with Crippen LogP contribution < -0.4 is 15.3 Å². The monoisotopic (exact) mass is 505 g/mol. The molecule has 0 radical (unpaired) electrons. The minimum atomic E-state index is -3.83. The summed E-state index contributed by atoms with van der Waals surface area (Å²) in [4.78, 5) is 20.4. The predicted octanol–water partition coefficient (Wildman–Crippen LogP) is 3.51. The number of pyridine rings is 1. The lowest BCUT2D eigenvalue weighted by atomic mass is 10.3. The number of ether oxygens (including phenoxy) is 3. The molecule has 4 atom stereocenters. The number of hydrogen-bond donors (Lipinski definition) is 2. The van der Waals surface area contributed by atoms with Crippen molar-refractivity contribution in [1.29, 1.82) is 0 Å². The topological polar surface area (TPSA) is 140 Å². The van der Waals surface area contributed by atoms with Crippen molar-refractivity contribution >= 4 is 30.3 Å². The van der Waals surface area contributed by atoms with Gasteiger partial charge in [-0.3, -0.25) is 13.9 Å². The zero-order chi connectivity index (χ0) is 25.0. The van der Waals surface area contributed by atoms with Gasteiger partial charge in [-0.1, -0.05) is 18.2 Å². The molecule has 0 bridgehead atoms. The van der Waals surface area contributed by atoms with E-state index in [1.165, 1.54) is 24.0 Å². The van der Waals surface area contributed by atoms with E-state index in [1.807, 2.05) is 0 Å². The van der Waals surface area contributed by atoms with E-state index >= 15 is 0 Å². The first-order valence-corrected chi connectivity index (χ1v) is 12.6. The first kappa shape index (κ1) is 24.8. The highest BCUT2D eigenvalue weighted by atomic mass is 31.2. The molecule has 13 heteroatoms. The third-order valence-corrected chi connectivity index (χ3v) is 6.75. The van der Waals surface area contributed by atoms with Gasteiger partial charge in [0.05, 0.1) is 18.6 Å². The number of carbonyl (C=O) groups excluding carboxylic acids is 1. The first-order chi connectivity index (χ1) is 16.8. The lowest BCUT2D eigenvalue weighted by Crippen LogP contribution is -2.36. The van der Waals surface area contributed by atoms with E-state index in [-0.39, 0.29) is 6.61 Å². The fourth-order valence-electron chi connectivity index (χ4n) is 3.38. The molecule has 1 aliphatic heterocycles. The molecule has 0 amide bonds. The number of halogens is 1. The highest BCUT2D eigenvalue weighted by Gasteiger charge is 2.36. The Balaban J connectivity index is 1.47.